The number of aromatic nitrogens is 4. The molecule has 2 atom stereocenters. The molecule has 3 aromatic rings. The zero-order chi connectivity index (χ0) is 21.9. The van der Waals surface area contributed by atoms with Gasteiger partial charge in [-0.3, -0.25) is 4.79 Å². The van der Waals surface area contributed by atoms with Gasteiger partial charge in [0.25, 0.3) is 0 Å². The van der Waals surface area contributed by atoms with Crippen LogP contribution in [0.5, 0.6) is 0 Å². The standard InChI is InChI=1S/C23H24N8O/c24-15-18-8-4-5-9-21(18)29-10-12-30(13-11-29)23(32)20-14-19(16-25-20)31-27-22(26-28-31)17-6-2-1-3-7-17/h1-9,19-20,25H,10-14,16H2. The van der Waals surface area contributed by atoms with Crippen molar-refractivity contribution in [2.24, 2.45) is 0 Å². The average molecular weight is 429 g/mol. The van der Waals surface area contributed by atoms with Crippen LogP contribution in [-0.2, 0) is 4.79 Å². The molecule has 2 aliphatic heterocycles. The number of anilines is 1. The summed E-state index contributed by atoms with van der Waals surface area (Å²) in [5.41, 5.74) is 2.53. The molecule has 0 bridgehead atoms. The molecule has 0 aliphatic carbocycles. The summed E-state index contributed by atoms with van der Waals surface area (Å²) in [5.74, 6) is 0.707. The number of carbonyl (C=O) groups is 1. The minimum absolute atomic E-state index is 0.00212. The van der Waals surface area contributed by atoms with E-state index in [1.807, 2.05) is 59.5 Å². The summed E-state index contributed by atoms with van der Waals surface area (Å²) in [7, 11) is 0. The van der Waals surface area contributed by atoms with E-state index in [1.54, 1.807) is 4.80 Å². The number of hydrogen-bond acceptors (Lipinski definition) is 7. The third kappa shape index (κ3) is 3.92. The van der Waals surface area contributed by atoms with Gasteiger partial charge in [0.1, 0.15) is 6.07 Å². The molecule has 162 valence electrons. The molecule has 3 heterocycles. The van der Waals surface area contributed by atoms with Gasteiger partial charge in [0.05, 0.1) is 23.3 Å². The molecule has 0 saturated carbocycles. The number of benzene rings is 2. The van der Waals surface area contributed by atoms with Gasteiger partial charge in [0.15, 0.2) is 0 Å². The maximum atomic E-state index is 13.1. The van der Waals surface area contributed by atoms with E-state index in [2.05, 4.69) is 31.7 Å². The number of nitrogens with zero attached hydrogens (tertiary/aromatic N) is 7. The Kier molecular flexibility index (Phi) is 5.52. The molecular weight excluding hydrogens is 404 g/mol. The molecule has 32 heavy (non-hydrogen) atoms. The van der Waals surface area contributed by atoms with Gasteiger partial charge in [-0.1, -0.05) is 42.5 Å². The highest BCUT2D eigenvalue weighted by atomic mass is 16.2. The third-order valence-corrected chi connectivity index (χ3v) is 6.15. The Bertz CT molecular complexity index is 1130. The predicted molar refractivity (Wildman–Crippen MR) is 119 cm³/mol. The van der Waals surface area contributed by atoms with Crippen molar-refractivity contribution in [2.45, 2.75) is 18.5 Å². The lowest BCUT2D eigenvalue weighted by Crippen LogP contribution is -2.53. The van der Waals surface area contributed by atoms with Crippen molar-refractivity contribution in [2.75, 3.05) is 37.6 Å². The summed E-state index contributed by atoms with van der Waals surface area (Å²) in [6, 6.07) is 19.4. The Labute approximate surface area is 186 Å². The minimum Gasteiger partial charge on any atom is -0.367 e. The molecule has 1 amide bonds. The van der Waals surface area contributed by atoms with Crippen LogP contribution in [0.1, 0.15) is 18.0 Å². The summed E-state index contributed by atoms with van der Waals surface area (Å²) >= 11 is 0. The second kappa shape index (κ2) is 8.77. The molecule has 0 radical (unpaired) electrons. The first kappa shape index (κ1) is 20.2. The Hall–Kier alpha value is -3.77. The monoisotopic (exact) mass is 428 g/mol. The van der Waals surface area contributed by atoms with E-state index in [-0.39, 0.29) is 18.0 Å². The van der Waals surface area contributed by atoms with Crippen molar-refractivity contribution in [3.63, 3.8) is 0 Å². The first-order valence-corrected chi connectivity index (χ1v) is 10.8. The van der Waals surface area contributed by atoms with Crippen LogP contribution in [0.4, 0.5) is 5.69 Å². The molecule has 2 unspecified atom stereocenters. The molecule has 1 aromatic heterocycles. The SMILES string of the molecule is N#Cc1ccccc1N1CCN(C(=O)C2CC(n3nnc(-c4ccccc4)n3)CN2)CC1. The number of nitrogens with one attached hydrogen (secondary N) is 1. The second-order valence-corrected chi connectivity index (χ2v) is 8.09. The van der Waals surface area contributed by atoms with Crippen LogP contribution in [0.2, 0.25) is 0 Å². The molecule has 9 nitrogen and oxygen atoms in total. The number of amides is 1. The Morgan fingerprint density at radius 2 is 1.78 bits per heavy atom. The largest absolute Gasteiger partial charge is 0.367 e. The van der Waals surface area contributed by atoms with Gasteiger partial charge >= 0.3 is 0 Å². The normalized spacial score (nSPS) is 20.8. The summed E-state index contributed by atoms with van der Waals surface area (Å²) in [6.45, 7) is 3.34. The van der Waals surface area contributed by atoms with Crippen LogP contribution in [0.25, 0.3) is 11.4 Å². The zero-order valence-electron chi connectivity index (χ0n) is 17.6. The lowest BCUT2D eigenvalue weighted by molar-refractivity contribution is -0.133. The zero-order valence-corrected chi connectivity index (χ0v) is 17.6. The van der Waals surface area contributed by atoms with E-state index < -0.39 is 0 Å². The highest BCUT2D eigenvalue weighted by molar-refractivity contribution is 5.82. The van der Waals surface area contributed by atoms with Gasteiger partial charge in [0, 0.05) is 38.3 Å². The van der Waals surface area contributed by atoms with Gasteiger partial charge in [-0.05, 0) is 23.8 Å². The third-order valence-electron chi connectivity index (χ3n) is 6.15. The van der Waals surface area contributed by atoms with E-state index in [0.29, 0.717) is 50.5 Å². The second-order valence-electron chi connectivity index (χ2n) is 8.09. The molecule has 2 aliphatic rings. The Morgan fingerprint density at radius 1 is 1.03 bits per heavy atom. The van der Waals surface area contributed by atoms with Gasteiger partial charge in [-0.25, -0.2) is 0 Å². The predicted octanol–water partition coefficient (Wildman–Crippen LogP) is 1.46. The van der Waals surface area contributed by atoms with E-state index >= 15 is 0 Å². The summed E-state index contributed by atoms with van der Waals surface area (Å²) in [6.07, 6.45) is 0.640. The Morgan fingerprint density at radius 3 is 2.56 bits per heavy atom. The molecule has 1 N–H and O–H groups in total. The highest BCUT2D eigenvalue weighted by Crippen LogP contribution is 2.24. The van der Waals surface area contributed by atoms with Crippen molar-refractivity contribution >= 4 is 11.6 Å². The van der Waals surface area contributed by atoms with Crippen molar-refractivity contribution in [3.05, 3.63) is 60.2 Å². The average Bonchev–Trinajstić information content (AvgIpc) is 3.54. The lowest BCUT2D eigenvalue weighted by Gasteiger charge is -2.37. The highest BCUT2D eigenvalue weighted by Gasteiger charge is 2.35. The fourth-order valence-corrected chi connectivity index (χ4v) is 4.40. The van der Waals surface area contributed by atoms with Crippen LogP contribution in [0.3, 0.4) is 0 Å². The number of para-hydroxylation sites is 1. The lowest BCUT2D eigenvalue weighted by atomic mass is 10.1. The van der Waals surface area contributed by atoms with E-state index in [4.69, 9.17) is 0 Å². The summed E-state index contributed by atoms with van der Waals surface area (Å²) < 4.78 is 0. The number of rotatable bonds is 4. The van der Waals surface area contributed by atoms with Crippen LogP contribution in [0.15, 0.2) is 54.6 Å². The van der Waals surface area contributed by atoms with Crippen LogP contribution < -0.4 is 10.2 Å². The molecule has 5 rings (SSSR count). The number of piperazine rings is 1. The number of tetrazole rings is 1. The van der Waals surface area contributed by atoms with Gasteiger partial charge in [0.2, 0.25) is 11.7 Å². The van der Waals surface area contributed by atoms with Gasteiger partial charge in [-0.15, -0.1) is 10.2 Å². The van der Waals surface area contributed by atoms with E-state index in [9.17, 15) is 10.1 Å². The summed E-state index contributed by atoms with van der Waals surface area (Å²) in [5, 5.41) is 25.6. The van der Waals surface area contributed by atoms with Crippen molar-refractivity contribution in [1.82, 2.24) is 30.4 Å². The smallest absolute Gasteiger partial charge is 0.239 e. The number of carbonyl (C=O) groups excluding carboxylic acids is 1. The van der Waals surface area contributed by atoms with Crippen molar-refractivity contribution in [1.29, 1.82) is 5.26 Å². The van der Waals surface area contributed by atoms with Crippen molar-refractivity contribution in [3.8, 4) is 17.5 Å². The molecule has 2 aromatic carbocycles. The van der Waals surface area contributed by atoms with Gasteiger partial charge in [-0.2, -0.15) is 10.1 Å². The van der Waals surface area contributed by atoms with E-state index in [1.165, 1.54) is 0 Å². The Balaban J connectivity index is 1.18. The first-order valence-electron chi connectivity index (χ1n) is 10.8. The maximum Gasteiger partial charge on any atom is 0.239 e. The van der Waals surface area contributed by atoms with Crippen molar-refractivity contribution < 1.29 is 4.79 Å². The minimum atomic E-state index is -0.246. The molecular formula is C23H24N8O. The quantitative estimate of drug-likeness (QED) is 0.671. The molecule has 2 fully saturated rings. The fourth-order valence-electron chi connectivity index (χ4n) is 4.40. The van der Waals surface area contributed by atoms with Crippen LogP contribution in [0, 0.1) is 11.3 Å². The molecule has 2 saturated heterocycles. The summed E-state index contributed by atoms with van der Waals surface area (Å²) in [4.78, 5) is 18.8. The van der Waals surface area contributed by atoms with Crippen LogP contribution >= 0.6 is 0 Å². The topological polar surface area (TPSA) is 103 Å². The van der Waals surface area contributed by atoms with E-state index in [0.717, 1.165) is 11.3 Å². The number of nitriles is 1. The maximum absolute atomic E-state index is 13.1. The molecule has 0 spiro atoms. The first-order chi connectivity index (χ1) is 15.7. The number of hydrogen-bond donors (Lipinski definition) is 1. The van der Waals surface area contributed by atoms with Crippen LogP contribution in [-0.4, -0.2) is 69.8 Å². The molecule has 9 heteroatoms. The fraction of sp³-hybridized carbons (Fsp3) is 0.348. The van der Waals surface area contributed by atoms with Gasteiger partial charge < -0.3 is 15.1 Å².